The molecule has 0 spiro atoms. The van der Waals surface area contributed by atoms with Crippen LogP contribution in [0.4, 0.5) is 5.69 Å². The average molecular weight is 286 g/mol. The minimum Gasteiger partial charge on any atom is -0.481 e. The number of nitrogens with one attached hydrogen (secondary N) is 2. The number of H-pyrrole nitrogens is 1. The molecule has 21 heavy (non-hydrogen) atoms. The van der Waals surface area contributed by atoms with Gasteiger partial charge in [0.25, 0.3) is 5.91 Å². The van der Waals surface area contributed by atoms with Gasteiger partial charge in [-0.25, -0.2) is 0 Å². The number of carbonyl (C=O) groups excluding carboxylic acids is 1. The molecule has 0 bridgehead atoms. The molecule has 1 aromatic heterocycles. The van der Waals surface area contributed by atoms with E-state index in [4.69, 9.17) is 5.11 Å². The van der Waals surface area contributed by atoms with Crippen molar-refractivity contribution in [3.05, 3.63) is 64.1 Å². The lowest BCUT2D eigenvalue weighted by Crippen LogP contribution is -2.21. The summed E-state index contributed by atoms with van der Waals surface area (Å²) in [7, 11) is 0. The number of hydrogen-bond acceptors (Lipinski definition) is 3. The van der Waals surface area contributed by atoms with E-state index in [0.717, 1.165) is 0 Å². The lowest BCUT2D eigenvalue weighted by molar-refractivity contribution is -0.136. The number of amides is 1. The molecule has 0 aliphatic rings. The minimum atomic E-state index is -0.907. The van der Waals surface area contributed by atoms with E-state index >= 15 is 0 Å². The zero-order valence-corrected chi connectivity index (χ0v) is 11.1. The first-order chi connectivity index (χ1) is 10.1. The highest BCUT2D eigenvalue weighted by molar-refractivity contribution is 6.04. The van der Waals surface area contributed by atoms with Gasteiger partial charge in [0.05, 0.1) is 0 Å². The number of rotatable bonds is 5. The third-order valence-corrected chi connectivity index (χ3v) is 2.94. The zero-order chi connectivity index (χ0) is 15.2. The highest BCUT2D eigenvalue weighted by Crippen LogP contribution is 2.17. The van der Waals surface area contributed by atoms with Crippen molar-refractivity contribution < 1.29 is 14.7 Å². The van der Waals surface area contributed by atoms with Gasteiger partial charge in [0.2, 0.25) is 0 Å². The number of aryl methyl sites for hydroxylation is 1. The number of aliphatic carboxylic acids is 1. The molecule has 3 N–H and O–H groups in total. The van der Waals surface area contributed by atoms with Gasteiger partial charge in [-0.2, -0.15) is 0 Å². The monoisotopic (exact) mass is 286 g/mol. The second-order valence-electron chi connectivity index (χ2n) is 4.43. The van der Waals surface area contributed by atoms with Crippen LogP contribution >= 0.6 is 0 Å². The maximum Gasteiger partial charge on any atom is 0.303 e. The topological polar surface area (TPSA) is 99.3 Å². The van der Waals surface area contributed by atoms with E-state index in [1.807, 2.05) is 0 Å². The number of benzene rings is 1. The van der Waals surface area contributed by atoms with E-state index < -0.39 is 11.9 Å². The van der Waals surface area contributed by atoms with Crippen molar-refractivity contribution in [2.24, 2.45) is 0 Å². The van der Waals surface area contributed by atoms with Crippen molar-refractivity contribution in [2.75, 3.05) is 5.32 Å². The third-order valence-electron chi connectivity index (χ3n) is 2.94. The first kappa shape index (κ1) is 14.5. The number of para-hydroxylation sites is 1. The summed E-state index contributed by atoms with van der Waals surface area (Å²) in [5.74, 6) is -1.43. The third kappa shape index (κ3) is 3.79. The molecule has 0 fully saturated rings. The molecule has 6 heteroatoms. The van der Waals surface area contributed by atoms with Crippen LogP contribution in [-0.4, -0.2) is 22.0 Å². The molecule has 1 amide bonds. The Hall–Kier alpha value is -2.89. The Kier molecular flexibility index (Phi) is 4.50. The van der Waals surface area contributed by atoms with Crippen LogP contribution in [0.1, 0.15) is 22.3 Å². The van der Waals surface area contributed by atoms with Gasteiger partial charge in [-0.3, -0.25) is 14.4 Å². The summed E-state index contributed by atoms with van der Waals surface area (Å²) in [4.78, 5) is 37.0. The largest absolute Gasteiger partial charge is 0.481 e. The first-order valence-electron chi connectivity index (χ1n) is 6.36. The van der Waals surface area contributed by atoms with Gasteiger partial charge < -0.3 is 15.4 Å². The molecule has 0 saturated carbocycles. The van der Waals surface area contributed by atoms with Gasteiger partial charge in [0.1, 0.15) is 5.56 Å². The van der Waals surface area contributed by atoms with Crippen LogP contribution < -0.4 is 10.7 Å². The SMILES string of the molecule is O=C(O)CCc1ccccc1NC(=O)c1c[nH]ccc1=O. The summed E-state index contributed by atoms with van der Waals surface area (Å²) in [5, 5.41) is 11.4. The van der Waals surface area contributed by atoms with Crippen LogP contribution in [0.2, 0.25) is 0 Å². The summed E-state index contributed by atoms with van der Waals surface area (Å²) >= 11 is 0. The lowest BCUT2D eigenvalue weighted by atomic mass is 10.1. The fraction of sp³-hybridized carbons (Fsp3) is 0.133. The Labute approximate surface area is 120 Å². The van der Waals surface area contributed by atoms with Crippen LogP contribution in [0.3, 0.4) is 0 Å². The van der Waals surface area contributed by atoms with Crippen LogP contribution in [0.5, 0.6) is 0 Å². The summed E-state index contributed by atoms with van der Waals surface area (Å²) < 4.78 is 0. The molecule has 1 heterocycles. The van der Waals surface area contributed by atoms with Crippen LogP contribution in [0.25, 0.3) is 0 Å². The quantitative estimate of drug-likeness (QED) is 0.778. The Morgan fingerprint density at radius 1 is 1.19 bits per heavy atom. The molecule has 1 aromatic carbocycles. The Morgan fingerprint density at radius 3 is 2.67 bits per heavy atom. The van der Waals surface area contributed by atoms with Crippen molar-refractivity contribution in [3.63, 3.8) is 0 Å². The molecule has 0 saturated heterocycles. The van der Waals surface area contributed by atoms with Crippen molar-refractivity contribution in [1.29, 1.82) is 0 Å². The smallest absolute Gasteiger partial charge is 0.303 e. The Bertz CT molecular complexity index is 721. The van der Waals surface area contributed by atoms with Crippen LogP contribution in [-0.2, 0) is 11.2 Å². The highest BCUT2D eigenvalue weighted by atomic mass is 16.4. The number of pyridine rings is 1. The average Bonchev–Trinajstić information content (AvgIpc) is 2.46. The fourth-order valence-electron chi connectivity index (χ4n) is 1.89. The number of carboxylic acids is 1. The van der Waals surface area contributed by atoms with Crippen LogP contribution in [0.15, 0.2) is 47.5 Å². The van der Waals surface area contributed by atoms with Gasteiger partial charge in [0, 0.05) is 30.6 Å². The molecule has 2 rings (SSSR count). The van der Waals surface area contributed by atoms with Gasteiger partial charge in [-0.05, 0) is 18.1 Å². The van der Waals surface area contributed by atoms with E-state index in [1.165, 1.54) is 18.5 Å². The maximum atomic E-state index is 12.1. The number of carboxylic acid groups (broad SMARTS) is 1. The second kappa shape index (κ2) is 6.51. The van der Waals surface area contributed by atoms with Gasteiger partial charge in [0.15, 0.2) is 5.43 Å². The van der Waals surface area contributed by atoms with Crippen molar-refractivity contribution in [1.82, 2.24) is 4.98 Å². The van der Waals surface area contributed by atoms with Crippen molar-refractivity contribution in [3.8, 4) is 0 Å². The molecule has 6 nitrogen and oxygen atoms in total. The number of hydrogen-bond donors (Lipinski definition) is 3. The zero-order valence-electron chi connectivity index (χ0n) is 11.1. The minimum absolute atomic E-state index is 0.00513. The maximum absolute atomic E-state index is 12.1. The number of carbonyl (C=O) groups is 2. The van der Waals surface area contributed by atoms with E-state index in [2.05, 4.69) is 10.3 Å². The normalized spacial score (nSPS) is 10.1. The summed E-state index contributed by atoms with van der Waals surface area (Å²) in [6.45, 7) is 0. The molecule has 0 radical (unpaired) electrons. The van der Waals surface area contributed by atoms with Gasteiger partial charge in [-0.15, -0.1) is 0 Å². The van der Waals surface area contributed by atoms with Crippen LogP contribution in [0, 0.1) is 0 Å². The summed E-state index contributed by atoms with van der Waals surface area (Å²) in [5.41, 5.74) is 0.840. The molecule has 0 atom stereocenters. The summed E-state index contributed by atoms with van der Waals surface area (Å²) in [6, 6.07) is 8.18. The fourth-order valence-corrected chi connectivity index (χ4v) is 1.89. The summed E-state index contributed by atoms with van der Waals surface area (Å²) in [6.07, 6.45) is 3.05. The predicted molar refractivity (Wildman–Crippen MR) is 77.4 cm³/mol. The van der Waals surface area contributed by atoms with Gasteiger partial charge >= 0.3 is 5.97 Å². The Morgan fingerprint density at radius 2 is 1.95 bits per heavy atom. The van der Waals surface area contributed by atoms with E-state index in [9.17, 15) is 14.4 Å². The first-order valence-corrected chi connectivity index (χ1v) is 6.36. The molecule has 2 aromatic rings. The Balaban J connectivity index is 2.20. The van der Waals surface area contributed by atoms with E-state index in [0.29, 0.717) is 17.7 Å². The molecule has 0 unspecified atom stereocenters. The van der Waals surface area contributed by atoms with Crippen molar-refractivity contribution >= 4 is 17.6 Å². The highest BCUT2D eigenvalue weighted by Gasteiger charge is 2.12. The van der Waals surface area contributed by atoms with Crippen molar-refractivity contribution in [2.45, 2.75) is 12.8 Å². The predicted octanol–water partition coefficient (Wildman–Crippen LogP) is 1.64. The number of aromatic amines is 1. The van der Waals surface area contributed by atoms with E-state index in [-0.39, 0.29) is 17.4 Å². The molecule has 0 aliphatic carbocycles. The lowest BCUT2D eigenvalue weighted by Gasteiger charge is -2.10. The van der Waals surface area contributed by atoms with E-state index in [1.54, 1.807) is 24.3 Å². The number of aromatic nitrogens is 1. The standard InChI is InChI=1S/C15H14N2O4/c18-13-7-8-16-9-11(13)15(21)17-12-4-2-1-3-10(12)5-6-14(19)20/h1-4,7-9H,5-6H2,(H,16,18)(H,17,21)(H,19,20). The molecule has 108 valence electrons. The van der Waals surface area contributed by atoms with Gasteiger partial charge in [-0.1, -0.05) is 18.2 Å². The molecular formula is C15H14N2O4. The number of anilines is 1. The molecule has 0 aliphatic heterocycles. The molecular weight excluding hydrogens is 272 g/mol. The second-order valence-corrected chi connectivity index (χ2v) is 4.43.